The first kappa shape index (κ1) is 16.1. The first-order chi connectivity index (χ1) is 9.77. The quantitative estimate of drug-likeness (QED) is 0.378. The zero-order valence-corrected chi connectivity index (χ0v) is 13.2. The summed E-state index contributed by atoms with van der Waals surface area (Å²) in [5.41, 5.74) is -1.57. The van der Waals surface area contributed by atoms with Crippen molar-refractivity contribution in [1.29, 1.82) is 0 Å². The third kappa shape index (κ3) is 4.10. The first-order valence-electron chi connectivity index (χ1n) is 5.56. The fraction of sp³-hybridized carbons (Fsp3) is 0.0769. The van der Waals surface area contributed by atoms with Gasteiger partial charge in [-0.25, -0.2) is 0 Å². The van der Waals surface area contributed by atoms with Gasteiger partial charge in [0.15, 0.2) is 0 Å². The summed E-state index contributed by atoms with van der Waals surface area (Å²) in [6.45, 7) is 0. The van der Waals surface area contributed by atoms with Crippen LogP contribution in [0.3, 0.4) is 0 Å². The summed E-state index contributed by atoms with van der Waals surface area (Å²) in [5.74, 6) is 0. The van der Waals surface area contributed by atoms with Crippen molar-refractivity contribution < 1.29 is 18.1 Å². The molecule has 8 heteroatoms. The molecule has 0 N–H and O–H groups in total. The molecule has 0 atom stereocenters. The van der Waals surface area contributed by atoms with Crippen molar-refractivity contribution in [2.75, 3.05) is 0 Å². The molecule has 0 amide bonds. The van der Waals surface area contributed by atoms with Gasteiger partial charge in [0, 0.05) is 25.5 Å². The van der Waals surface area contributed by atoms with Crippen LogP contribution in [0.1, 0.15) is 5.56 Å². The number of nitro groups is 1. The van der Waals surface area contributed by atoms with Crippen LogP contribution in [0.15, 0.2) is 52.3 Å². The molecule has 2 rings (SSSR count). The van der Waals surface area contributed by atoms with Crippen molar-refractivity contribution in [2.24, 2.45) is 0 Å². The third-order valence-corrected chi connectivity index (χ3v) is 4.32. The average molecular weight is 425 g/mol. The molecule has 0 aliphatic carbocycles. The van der Waals surface area contributed by atoms with Gasteiger partial charge < -0.3 is 0 Å². The Labute approximate surface area is 135 Å². The zero-order chi connectivity index (χ0) is 15.6. The molecule has 0 unspecified atom stereocenters. The molecule has 0 aliphatic rings. The molecular weight excluding hydrogens is 418 g/mol. The SMILES string of the molecule is O=[N+]([O-])c1ccc(Sc2ccc(I)cc2)c(C(F)(F)F)c1. The summed E-state index contributed by atoms with van der Waals surface area (Å²) in [5, 5.41) is 10.6. The topological polar surface area (TPSA) is 43.1 Å². The minimum Gasteiger partial charge on any atom is -0.258 e. The maximum atomic E-state index is 13.0. The first-order valence-corrected chi connectivity index (χ1v) is 7.46. The fourth-order valence-electron chi connectivity index (χ4n) is 1.57. The number of benzene rings is 2. The summed E-state index contributed by atoms with van der Waals surface area (Å²) in [4.78, 5) is 10.4. The van der Waals surface area contributed by atoms with Crippen LogP contribution in [0.2, 0.25) is 0 Å². The maximum absolute atomic E-state index is 13.0. The Morgan fingerprint density at radius 3 is 2.24 bits per heavy atom. The van der Waals surface area contributed by atoms with Crippen LogP contribution in [0.4, 0.5) is 18.9 Å². The molecule has 0 saturated heterocycles. The minimum atomic E-state index is -4.64. The number of alkyl halides is 3. The third-order valence-electron chi connectivity index (χ3n) is 2.52. The van der Waals surface area contributed by atoms with Crippen molar-refractivity contribution in [1.82, 2.24) is 0 Å². The second kappa shape index (κ2) is 6.22. The van der Waals surface area contributed by atoms with Crippen LogP contribution in [0.5, 0.6) is 0 Å². The second-order valence-corrected chi connectivity index (χ2v) is 6.35. The number of rotatable bonds is 3. The minimum absolute atomic E-state index is 0.0608. The molecule has 0 heterocycles. The van der Waals surface area contributed by atoms with Gasteiger partial charge in [-0.2, -0.15) is 13.2 Å². The fourth-order valence-corrected chi connectivity index (χ4v) is 2.88. The van der Waals surface area contributed by atoms with E-state index in [0.717, 1.165) is 27.5 Å². The standard InChI is InChI=1S/C13H7F3INO2S/c14-13(15,16)11-7-9(18(19)20)3-6-12(11)21-10-4-1-8(17)2-5-10/h1-7H. The van der Waals surface area contributed by atoms with Crippen LogP contribution in [-0.4, -0.2) is 4.92 Å². The van der Waals surface area contributed by atoms with Gasteiger partial charge in [0.25, 0.3) is 5.69 Å². The molecule has 3 nitrogen and oxygen atoms in total. The Hall–Kier alpha value is -1.29. The molecule has 110 valence electrons. The Morgan fingerprint density at radius 2 is 1.71 bits per heavy atom. The summed E-state index contributed by atoms with van der Waals surface area (Å²) in [6, 6.07) is 9.73. The number of nitro benzene ring substituents is 1. The molecule has 0 aromatic heterocycles. The van der Waals surface area contributed by atoms with Crippen molar-refractivity contribution >= 4 is 40.0 Å². The molecule has 0 spiro atoms. The van der Waals surface area contributed by atoms with E-state index in [-0.39, 0.29) is 4.90 Å². The predicted octanol–water partition coefficient (Wildman–Crippen LogP) is 5.37. The summed E-state index contributed by atoms with van der Waals surface area (Å²) in [7, 11) is 0. The van der Waals surface area contributed by atoms with E-state index in [2.05, 4.69) is 22.6 Å². The van der Waals surface area contributed by atoms with Gasteiger partial charge in [0.05, 0.1) is 10.5 Å². The van der Waals surface area contributed by atoms with Crippen molar-refractivity contribution in [3.63, 3.8) is 0 Å². The van der Waals surface area contributed by atoms with Crippen LogP contribution in [0, 0.1) is 13.7 Å². The lowest BCUT2D eigenvalue weighted by Crippen LogP contribution is -2.07. The largest absolute Gasteiger partial charge is 0.417 e. The number of hydrogen-bond acceptors (Lipinski definition) is 3. The highest BCUT2D eigenvalue weighted by molar-refractivity contribution is 14.1. The normalized spacial score (nSPS) is 11.4. The molecule has 2 aromatic carbocycles. The Bertz CT molecular complexity index is 674. The van der Waals surface area contributed by atoms with E-state index in [1.165, 1.54) is 0 Å². The number of non-ortho nitro benzene ring substituents is 1. The van der Waals surface area contributed by atoms with Crippen LogP contribution < -0.4 is 0 Å². The van der Waals surface area contributed by atoms with Crippen molar-refractivity contribution in [3.05, 3.63) is 61.7 Å². The van der Waals surface area contributed by atoms with Gasteiger partial charge in [-0.3, -0.25) is 10.1 Å². The van der Waals surface area contributed by atoms with E-state index in [1.807, 2.05) is 0 Å². The van der Waals surface area contributed by atoms with Crippen LogP contribution in [0.25, 0.3) is 0 Å². The molecule has 2 aromatic rings. The Kier molecular flexibility index (Phi) is 4.77. The van der Waals surface area contributed by atoms with Crippen LogP contribution >= 0.6 is 34.4 Å². The van der Waals surface area contributed by atoms with Gasteiger partial charge in [-0.15, -0.1) is 0 Å². The van der Waals surface area contributed by atoms with Crippen LogP contribution in [-0.2, 0) is 6.18 Å². The number of halogens is 4. The summed E-state index contributed by atoms with van der Waals surface area (Å²) < 4.78 is 40.0. The summed E-state index contributed by atoms with van der Waals surface area (Å²) in [6.07, 6.45) is -4.64. The predicted molar refractivity (Wildman–Crippen MR) is 81.4 cm³/mol. The van der Waals surface area contributed by atoms with Gasteiger partial charge in [0.2, 0.25) is 0 Å². The number of hydrogen-bond donors (Lipinski definition) is 0. The van der Waals surface area contributed by atoms with Crippen molar-refractivity contribution in [2.45, 2.75) is 16.0 Å². The molecule has 0 bridgehead atoms. The smallest absolute Gasteiger partial charge is 0.258 e. The monoisotopic (exact) mass is 425 g/mol. The van der Waals surface area contributed by atoms with Gasteiger partial charge >= 0.3 is 6.18 Å². The lowest BCUT2D eigenvalue weighted by Gasteiger charge is -2.12. The Balaban J connectivity index is 2.43. The van der Waals surface area contributed by atoms with Gasteiger partial charge in [-0.1, -0.05) is 11.8 Å². The highest BCUT2D eigenvalue weighted by Gasteiger charge is 2.35. The van der Waals surface area contributed by atoms with E-state index < -0.39 is 22.4 Å². The number of nitrogens with zero attached hydrogens (tertiary/aromatic N) is 1. The van der Waals surface area contributed by atoms with E-state index >= 15 is 0 Å². The second-order valence-electron chi connectivity index (χ2n) is 3.99. The molecule has 0 saturated carbocycles. The zero-order valence-electron chi connectivity index (χ0n) is 10.2. The average Bonchev–Trinajstić information content (AvgIpc) is 2.40. The van der Waals surface area contributed by atoms with Crippen molar-refractivity contribution in [3.8, 4) is 0 Å². The Morgan fingerprint density at radius 1 is 1.10 bits per heavy atom. The molecule has 21 heavy (non-hydrogen) atoms. The molecule has 0 aliphatic heterocycles. The lowest BCUT2D eigenvalue weighted by molar-refractivity contribution is -0.385. The molecular formula is C13H7F3INO2S. The van der Waals surface area contributed by atoms with E-state index in [9.17, 15) is 23.3 Å². The molecule has 0 fully saturated rings. The summed E-state index contributed by atoms with van der Waals surface area (Å²) >= 11 is 3.02. The molecule has 0 radical (unpaired) electrons. The van der Waals surface area contributed by atoms with Gasteiger partial charge in [-0.05, 0) is 52.9 Å². The highest BCUT2D eigenvalue weighted by atomic mass is 127. The van der Waals surface area contributed by atoms with Gasteiger partial charge in [0.1, 0.15) is 0 Å². The lowest BCUT2D eigenvalue weighted by atomic mass is 10.2. The van der Waals surface area contributed by atoms with E-state index in [0.29, 0.717) is 11.0 Å². The van der Waals surface area contributed by atoms with E-state index in [1.54, 1.807) is 24.3 Å². The highest BCUT2D eigenvalue weighted by Crippen LogP contribution is 2.41. The van der Waals surface area contributed by atoms with E-state index in [4.69, 9.17) is 0 Å². The maximum Gasteiger partial charge on any atom is 0.417 e.